The lowest BCUT2D eigenvalue weighted by Gasteiger charge is -2.07. The molecule has 0 saturated carbocycles. The molecule has 0 bridgehead atoms. The first kappa shape index (κ1) is 17.2. The molecule has 126 valence electrons. The summed E-state index contributed by atoms with van der Waals surface area (Å²) in [7, 11) is 1.31. The maximum atomic E-state index is 11.8. The summed E-state index contributed by atoms with van der Waals surface area (Å²) < 4.78 is 5.86. The van der Waals surface area contributed by atoms with Crippen molar-refractivity contribution < 1.29 is 14.3 Å². The zero-order chi connectivity index (χ0) is 17.5. The molecule has 8 heteroatoms. The normalized spacial score (nSPS) is 10.2. The van der Waals surface area contributed by atoms with Crippen LogP contribution in [0.15, 0.2) is 46.1 Å². The molecule has 0 saturated heterocycles. The topological polar surface area (TPSA) is 110 Å². The third-order valence-corrected chi connectivity index (χ3v) is 3.34. The van der Waals surface area contributed by atoms with Crippen molar-refractivity contribution in [1.29, 1.82) is 0 Å². The zero-order valence-electron chi connectivity index (χ0n) is 13.1. The molecular formula is C16H17N3O5. The molecular weight excluding hydrogens is 314 g/mol. The van der Waals surface area contributed by atoms with Gasteiger partial charge in [-0.15, -0.1) is 0 Å². The Morgan fingerprint density at radius 3 is 2.50 bits per heavy atom. The minimum Gasteiger partial charge on any atom is -0.465 e. The number of esters is 1. The van der Waals surface area contributed by atoms with E-state index in [1.165, 1.54) is 23.9 Å². The first-order valence-corrected chi connectivity index (χ1v) is 7.23. The monoisotopic (exact) mass is 331 g/mol. The van der Waals surface area contributed by atoms with E-state index in [1.54, 1.807) is 24.3 Å². The number of rotatable bonds is 6. The Kier molecular flexibility index (Phi) is 5.67. The molecule has 2 rings (SSSR count). The Hall–Kier alpha value is -3.16. The quantitative estimate of drug-likeness (QED) is 0.726. The first-order valence-electron chi connectivity index (χ1n) is 7.23. The number of nitrogens with zero attached hydrogens (tertiary/aromatic N) is 1. The second-order valence-electron chi connectivity index (χ2n) is 5.02. The highest BCUT2D eigenvalue weighted by Gasteiger charge is 2.06. The van der Waals surface area contributed by atoms with Crippen LogP contribution in [0, 0.1) is 0 Å². The van der Waals surface area contributed by atoms with Gasteiger partial charge in [-0.1, -0.05) is 12.1 Å². The average Bonchev–Trinajstić information content (AvgIpc) is 2.59. The molecule has 2 N–H and O–H groups in total. The highest BCUT2D eigenvalue weighted by molar-refractivity contribution is 5.89. The van der Waals surface area contributed by atoms with Crippen LogP contribution in [-0.4, -0.2) is 28.5 Å². The van der Waals surface area contributed by atoms with Crippen LogP contribution >= 0.6 is 0 Å². The second kappa shape index (κ2) is 7.91. The summed E-state index contributed by atoms with van der Waals surface area (Å²) in [5, 5.41) is 2.72. The number of aryl methyl sites for hydroxylation is 1. The summed E-state index contributed by atoms with van der Waals surface area (Å²) in [6, 6.07) is 7.90. The molecule has 1 aromatic heterocycles. The smallest absolute Gasteiger partial charge is 0.337 e. The molecule has 1 aromatic carbocycles. The number of H-pyrrole nitrogens is 1. The van der Waals surface area contributed by atoms with Crippen LogP contribution in [0.5, 0.6) is 0 Å². The lowest BCUT2D eigenvalue weighted by atomic mass is 10.1. The molecule has 0 aliphatic carbocycles. The van der Waals surface area contributed by atoms with E-state index in [4.69, 9.17) is 0 Å². The van der Waals surface area contributed by atoms with E-state index in [1.807, 2.05) is 0 Å². The van der Waals surface area contributed by atoms with Crippen molar-refractivity contribution in [2.75, 3.05) is 7.11 Å². The van der Waals surface area contributed by atoms with Gasteiger partial charge in [-0.05, 0) is 17.7 Å². The average molecular weight is 331 g/mol. The molecule has 2 aromatic rings. The van der Waals surface area contributed by atoms with Crippen molar-refractivity contribution in [2.45, 2.75) is 19.5 Å². The van der Waals surface area contributed by atoms with Crippen LogP contribution in [0.4, 0.5) is 0 Å². The summed E-state index contributed by atoms with van der Waals surface area (Å²) in [5.41, 5.74) is 0.243. The summed E-state index contributed by atoms with van der Waals surface area (Å²) in [5.74, 6) is -0.651. The SMILES string of the molecule is COC(=O)c1ccc(CNC(=O)CCn2ccc(=O)[nH]c2=O)cc1. The maximum Gasteiger partial charge on any atom is 0.337 e. The van der Waals surface area contributed by atoms with Gasteiger partial charge in [0.2, 0.25) is 5.91 Å². The fourth-order valence-electron chi connectivity index (χ4n) is 2.01. The third-order valence-electron chi connectivity index (χ3n) is 3.34. The van der Waals surface area contributed by atoms with Crippen LogP contribution in [-0.2, 0) is 22.6 Å². The highest BCUT2D eigenvalue weighted by atomic mass is 16.5. The van der Waals surface area contributed by atoms with E-state index in [9.17, 15) is 19.2 Å². The number of hydrogen-bond acceptors (Lipinski definition) is 5. The van der Waals surface area contributed by atoms with Crippen LogP contribution in [0.25, 0.3) is 0 Å². The standard InChI is InChI=1S/C16H17N3O5/c1-24-15(22)12-4-2-11(3-5-12)10-17-13(20)6-8-19-9-7-14(21)18-16(19)23/h2-5,7,9H,6,8,10H2,1H3,(H,17,20)(H,18,21,23). The van der Waals surface area contributed by atoms with Crippen molar-refractivity contribution >= 4 is 11.9 Å². The van der Waals surface area contributed by atoms with Gasteiger partial charge in [0.1, 0.15) is 0 Å². The molecule has 24 heavy (non-hydrogen) atoms. The van der Waals surface area contributed by atoms with E-state index >= 15 is 0 Å². The van der Waals surface area contributed by atoms with Gasteiger partial charge < -0.3 is 14.6 Å². The highest BCUT2D eigenvalue weighted by Crippen LogP contribution is 2.05. The molecule has 1 amide bonds. The van der Waals surface area contributed by atoms with E-state index in [-0.39, 0.29) is 18.9 Å². The molecule has 8 nitrogen and oxygen atoms in total. The number of aromatic nitrogens is 2. The first-order chi connectivity index (χ1) is 11.5. The van der Waals surface area contributed by atoms with Crippen molar-refractivity contribution in [1.82, 2.24) is 14.9 Å². The van der Waals surface area contributed by atoms with Gasteiger partial charge in [0.05, 0.1) is 12.7 Å². The molecule has 0 unspecified atom stereocenters. The van der Waals surface area contributed by atoms with Crippen molar-refractivity contribution in [3.05, 3.63) is 68.5 Å². The molecule has 0 fully saturated rings. The van der Waals surface area contributed by atoms with E-state index in [2.05, 4.69) is 15.0 Å². The van der Waals surface area contributed by atoms with Crippen molar-refractivity contribution in [2.24, 2.45) is 0 Å². The number of amides is 1. The van der Waals surface area contributed by atoms with E-state index in [0.29, 0.717) is 12.1 Å². The van der Waals surface area contributed by atoms with Gasteiger partial charge in [-0.25, -0.2) is 9.59 Å². The lowest BCUT2D eigenvalue weighted by Crippen LogP contribution is -2.31. The fourth-order valence-corrected chi connectivity index (χ4v) is 2.01. The van der Waals surface area contributed by atoms with Crippen molar-refractivity contribution in [3.8, 4) is 0 Å². The number of hydrogen-bond donors (Lipinski definition) is 2. The van der Waals surface area contributed by atoms with Gasteiger partial charge in [-0.2, -0.15) is 0 Å². The number of aromatic amines is 1. The van der Waals surface area contributed by atoms with Gasteiger partial charge in [0.25, 0.3) is 5.56 Å². The number of carbonyl (C=O) groups is 2. The van der Waals surface area contributed by atoms with Gasteiger partial charge in [0.15, 0.2) is 0 Å². The second-order valence-corrected chi connectivity index (χ2v) is 5.02. The Labute approximate surface area is 137 Å². The van der Waals surface area contributed by atoms with Crippen LogP contribution in [0.3, 0.4) is 0 Å². The number of methoxy groups -OCH3 is 1. The largest absolute Gasteiger partial charge is 0.465 e. The predicted molar refractivity (Wildman–Crippen MR) is 85.6 cm³/mol. The molecule has 0 aliphatic heterocycles. The lowest BCUT2D eigenvalue weighted by molar-refractivity contribution is -0.121. The number of nitrogens with one attached hydrogen (secondary N) is 2. The Bertz CT molecular complexity index is 836. The van der Waals surface area contributed by atoms with Gasteiger partial charge in [-0.3, -0.25) is 14.6 Å². The maximum absolute atomic E-state index is 11.8. The Morgan fingerprint density at radius 1 is 1.17 bits per heavy atom. The molecule has 0 atom stereocenters. The van der Waals surface area contributed by atoms with Gasteiger partial charge in [0, 0.05) is 31.8 Å². The number of benzene rings is 1. The van der Waals surface area contributed by atoms with Gasteiger partial charge >= 0.3 is 11.7 Å². The van der Waals surface area contributed by atoms with E-state index < -0.39 is 17.2 Å². The van der Waals surface area contributed by atoms with Crippen LogP contribution in [0.1, 0.15) is 22.3 Å². The summed E-state index contributed by atoms with van der Waals surface area (Å²) in [6.07, 6.45) is 1.45. The van der Waals surface area contributed by atoms with Crippen LogP contribution < -0.4 is 16.6 Å². The fraction of sp³-hybridized carbons (Fsp3) is 0.250. The van der Waals surface area contributed by atoms with Crippen LogP contribution in [0.2, 0.25) is 0 Å². The predicted octanol–water partition coefficient (Wildman–Crippen LogP) is 0.0297. The number of ether oxygens (including phenoxy) is 1. The minimum atomic E-state index is -0.548. The summed E-state index contributed by atoms with van der Waals surface area (Å²) >= 11 is 0. The molecule has 0 spiro atoms. The van der Waals surface area contributed by atoms with Crippen molar-refractivity contribution in [3.63, 3.8) is 0 Å². The summed E-state index contributed by atoms with van der Waals surface area (Å²) in [4.78, 5) is 47.7. The Balaban J connectivity index is 1.83. The van der Waals surface area contributed by atoms with E-state index in [0.717, 1.165) is 5.56 Å². The number of carbonyl (C=O) groups excluding carboxylic acids is 2. The minimum absolute atomic E-state index is 0.103. The third kappa shape index (κ3) is 4.67. The zero-order valence-corrected chi connectivity index (χ0v) is 13.1. The Morgan fingerprint density at radius 2 is 1.88 bits per heavy atom. The molecule has 0 aliphatic rings. The molecule has 0 radical (unpaired) electrons. The molecule has 1 heterocycles. The summed E-state index contributed by atoms with van der Waals surface area (Å²) in [6.45, 7) is 0.476.